The fraction of sp³-hybridized carbons (Fsp3) is 0.333. The number of imide groups is 1. The molecule has 0 saturated carbocycles. The number of carbonyl (C=O) groups is 4. The highest BCUT2D eigenvalue weighted by Gasteiger charge is 2.63. The van der Waals surface area contributed by atoms with Crippen molar-refractivity contribution in [3.63, 3.8) is 0 Å². The third kappa shape index (κ3) is 4.95. The number of esters is 1. The first-order valence-electron chi connectivity index (χ1n) is 14.3. The number of carbonyl (C=O) groups excluding carboxylic acids is 4. The van der Waals surface area contributed by atoms with Gasteiger partial charge in [0.15, 0.2) is 6.61 Å². The van der Waals surface area contributed by atoms with E-state index in [1.807, 2.05) is 62.4 Å². The Morgan fingerprint density at radius 1 is 0.886 bits per heavy atom. The van der Waals surface area contributed by atoms with Crippen LogP contribution in [0.4, 0.5) is 18.9 Å². The highest BCUT2D eigenvalue weighted by Crippen LogP contribution is 2.61. The van der Waals surface area contributed by atoms with Crippen LogP contribution in [0.3, 0.4) is 0 Å². The molecule has 1 fully saturated rings. The Hall–Kier alpha value is -4.18. The number of amides is 3. The summed E-state index contributed by atoms with van der Waals surface area (Å²) in [6.45, 7) is 2.80. The van der Waals surface area contributed by atoms with Crippen molar-refractivity contribution in [1.29, 1.82) is 0 Å². The Balaban J connectivity index is 1.24. The summed E-state index contributed by atoms with van der Waals surface area (Å²) in [7, 11) is 0. The van der Waals surface area contributed by atoms with Crippen LogP contribution in [0.2, 0.25) is 5.02 Å². The molecule has 3 aromatic rings. The average Bonchev–Trinajstić information content (AvgIpc) is 3.25. The standard InChI is InChI=1S/C33H28ClF3N2O5/c1-16(2)13-24(32(43)44-15-25(40)38-23-14-17(33(35,36)37)11-12-22(23)34)39-30(41)28-26-18-7-3-4-8-19(18)27(29(28)31(39)42)21-10-6-5-9-20(21)26/h3-12,14,16,24,26-29H,13,15H2,1-2H3,(H,38,40)/t24-,26?,27?,28-,29+/m1/s1. The summed E-state index contributed by atoms with van der Waals surface area (Å²) in [6.07, 6.45) is -4.55. The SMILES string of the molecule is CC(C)C[C@H](C(=O)OCC(=O)Nc1cc(C(F)(F)F)ccc1Cl)N1C(=O)[C@@H]2C3c4ccccc4C(c4ccccc43)[C@@H]2C1=O. The number of hydrogen-bond acceptors (Lipinski definition) is 5. The van der Waals surface area contributed by atoms with E-state index >= 15 is 0 Å². The van der Waals surface area contributed by atoms with Gasteiger partial charge in [-0.05, 0) is 52.8 Å². The van der Waals surface area contributed by atoms with Gasteiger partial charge in [0.05, 0.1) is 28.1 Å². The molecule has 3 aliphatic carbocycles. The topological polar surface area (TPSA) is 92.8 Å². The minimum Gasteiger partial charge on any atom is -0.454 e. The largest absolute Gasteiger partial charge is 0.454 e. The second kappa shape index (κ2) is 11.1. The third-order valence-corrected chi connectivity index (χ3v) is 9.00. The van der Waals surface area contributed by atoms with Crippen LogP contribution < -0.4 is 5.32 Å². The van der Waals surface area contributed by atoms with Gasteiger partial charge in [0.2, 0.25) is 11.8 Å². The fourth-order valence-electron chi connectivity index (χ4n) is 6.98. The molecule has 3 amide bonds. The van der Waals surface area contributed by atoms with E-state index < -0.39 is 59.9 Å². The molecular weight excluding hydrogens is 597 g/mol. The van der Waals surface area contributed by atoms with Crippen molar-refractivity contribution in [3.05, 3.63) is 99.6 Å². The molecule has 1 saturated heterocycles. The molecule has 1 N–H and O–H groups in total. The predicted molar refractivity (Wildman–Crippen MR) is 155 cm³/mol. The van der Waals surface area contributed by atoms with Crippen molar-refractivity contribution >= 4 is 41.0 Å². The molecule has 4 aliphatic rings. The number of likely N-dealkylation sites (tertiary alicyclic amines) is 1. The maximum Gasteiger partial charge on any atom is 0.416 e. The van der Waals surface area contributed by atoms with Gasteiger partial charge in [0, 0.05) is 11.8 Å². The molecule has 0 unspecified atom stereocenters. The lowest BCUT2D eigenvalue weighted by molar-refractivity contribution is -0.160. The van der Waals surface area contributed by atoms with Gasteiger partial charge in [0.1, 0.15) is 6.04 Å². The number of nitrogens with zero attached hydrogens (tertiary/aromatic N) is 1. The molecule has 1 aliphatic heterocycles. The Labute approximate surface area is 256 Å². The molecule has 3 atom stereocenters. The summed E-state index contributed by atoms with van der Waals surface area (Å²) in [6, 6.07) is 16.7. The Morgan fingerprint density at radius 3 is 1.84 bits per heavy atom. The van der Waals surface area contributed by atoms with Crippen LogP contribution in [0.1, 0.15) is 59.9 Å². The second-order valence-electron chi connectivity index (χ2n) is 11.8. The second-order valence-corrected chi connectivity index (χ2v) is 12.2. The molecule has 0 aromatic heterocycles. The van der Waals surface area contributed by atoms with Crippen LogP contribution in [0.25, 0.3) is 0 Å². The van der Waals surface area contributed by atoms with Gasteiger partial charge in [0.25, 0.3) is 5.91 Å². The van der Waals surface area contributed by atoms with E-state index in [9.17, 15) is 32.3 Å². The molecule has 11 heteroatoms. The van der Waals surface area contributed by atoms with Crippen LogP contribution in [-0.4, -0.2) is 41.2 Å². The predicted octanol–water partition coefficient (Wildman–Crippen LogP) is 6.15. The van der Waals surface area contributed by atoms with E-state index in [1.54, 1.807) is 0 Å². The van der Waals surface area contributed by atoms with Crippen molar-refractivity contribution in [2.24, 2.45) is 17.8 Å². The molecular formula is C33H28ClF3N2O5. The zero-order valence-corrected chi connectivity index (χ0v) is 24.5. The van der Waals surface area contributed by atoms with Crippen LogP contribution in [0, 0.1) is 17.8 Å². The quantitative estimate of drug-likeness (QED) is 0.252. The number of benzene rings is 3. The maximum absolute atomic E-state index is 14.1. The molecule has 7 nitrogen and oxygen atoms in total. The highest BCUT2D eigenvalue weighted by atomic mass is 35.5. The molecule has 228 valence electrons. The molecule has 3 aromatic carbocycles. The summed E-state index contributed by atoms with van der Waals surface area (Å²) in [5.74, 6) is -5.00. The number of nitrogens with one attached hydrogen (secondary N) is 1. The summed E-state index contributed by atoms with van der Waals surface area (Å²) in [4.78, 5) is 55.3. The number of rotatable bonds is 7. The molecule has 44 heavy (non-hydrogen) atoms. The monoisotopic (exact) mass is 624 g/mol. The van der Waals surface area contributed by atoms with Gasteiger partial charge < -0.3 is 10.1 Å². The normalized spacial score (nSPS) is 22.4. The lowest BCUT2D eigenvalue weighted by Gasteiger charge is -2.45. The summed E-state index contributed by atoms with van der Waals surface area (Å²) in [5.41, 5.74) is 2.66. The van der Waals surface area contributed by atoms with Crippen molar-refractivity contribution < 1.29 is 37.1 Å². The maximum atomic E-state index is 14.1. The van der Waals surface area contributed by atoms with E-state index in [0.29, 0.717) is 6.07 Å². The number of ether oxygens (including phenoxy) is 1. The zero-order chi connectivity index (χ0) is 31.5. The lowest BCUT2D eigenvalue weighted by atomic mass is 9.55. The fourth-order valence-corrected chi connectivity index (χ4v) is 7.14. The van der Waals surface area contributed by atoms with E-state index in [0.717, 1.165) is 39.3 Å². The van der Waals surface area contributed by atoms with Gasteiger partial charge in [-0.3, -0.25) is 19.3 Å². The van der Waals surface area contributed by atoms with E-state index in [2.05, 4.69) is 5.32 Å². The van der Waals surface area contributed by atoms with Gasteiger partial charge >= 0.3 is 12.1 Å². The van der Waals surface area contributed by atoms with Crippen molar-refractivity contribution in [1.82, 2.24) is 4.90 Å². The summed E-state index contributed by atoms with van der Waals surface area (Å²) >= 11 is 5.96. The third-order valence-electron chi connectivity index (χ3n) is 8.67. The Kier molecular flexibility index (Phi) is 7.52. The Morgan fingerprint density at radius 2 is 1.39 bits per heavy atom. The average molecular weight is 625 g/mol. The first-order valence-corrected chi connectivity index (χ1v) is 14.6. The van der Waals surface area contributed by atoms with Gasteiger partial charge in [-0.15, -0.1) is 0 Å². The van der Waals surface area contributed by atoms with Crippen molar-refractivity contribution in [3.8, 4) is 0 Å². The first kappa shape index (κ1) is 29.9. The van der Waals surface area contributed by atoms with Crippen LogP contribution in [0.15, 0.2) is 66.7 Å². The highest BCUT2D eigenvalue weighted by molar-refractivity contribution is 6.33. The summed E-state index contributed by atoms with van der Waals surface area (Å²) < 4.78 is 44.7. The Bertz CT molecular complexity index is 1570. The molecule has 0 radical (unpaired) electrons. The summed E-state index contributed by atoms with van der Waals surface area (Å²) in [5, 5.41) is 2.09. The molecule has 1 heterocycles. The number of hydrogen-bond donors (Lipinski definition) is 1. The van der Waals surface area contributed by atoms with Crippen LogP contribution in [0.5, 0.6) is 0 Å². The smallest absolute Gasteiger partial charge is 0.416 e. The number of alkyl halides is 3. The van der Waals surface area contributed by atoms with E-state index in [1.165, 1.54) is 0 Å². The number of halogens is 4. The zero-order valence-electron chi connectivity index (χ0n) is 23.7. The van der Waals surface area contributed by atoms with Crippen molar-refractivity contribution in [2.45, 2.75) is 44.3 Å². The van der Waals surface area contributed by atoms with Crippen molar-refractivity contribution in [2.75, 3.05) is 11.9 Å². The van der Waals surface area contributed by atoms with E-state index in [4.69, 9.17) is 16.3 Å². The van der Waals surface area contributed by atoms with Crippen LogP contribution >= 0.6 is 11.6 Å². The molecule has 0 spiro atoms. The lowest BCUT2D eigenvalue weighted by Crippen LogP contribution is -2.47. The number of anilines is 1. The minimum atomic E-state index is -4.66. The van der Waals surface area contributed by atoms with Gasteiger partial charge in [-0.25, -0.2) is 4.79 Å². The minimum absolute atomic E-state index is 0.103. The first-order chi connectivity index (χ1) is 20.9. The molecule has 7 rings (SSSR count). The van der Waals surface area contributed by atoms with Gasteiger partial charge in [-0.1, -0.05) is 74.0 Å². The van der Waals surface area contributed by atoms with Crippen LogP contribution in [-0.2, 0) is 30.1 Å². The van der Waals surface area contributed by atoms with Gasteiger partial charge in [-0.2, -0.15) is 13.2 Å². The van der Waals surface area contributed by atoms with E-state index in [-0.39, 0.29) is 34.9 Å². The molecule has 2 bridgehead atoms.